The Morgan fingerprint density at radius 1 is 0.426 bits per heavy atom. The van der Waals surface area contributed by atoms with Crippen LogP contribution in [0.5, 0.6) is 0 Å². The maximum atomic E-state index is 4.93. The van der Waals surface area contributed by atoms with Crippen molar-refractivity contribution < 1.29 is 0 Å². The Balaban J connectivity index is 1.69. The van der Waals surface area contributed by atoms with Crippen molar-refractivity contribution in [2.24, 2.45) is 0 Å². The summed E-state index contributed by atoms with van der Waals surface area (Å²) in [5.74, 6) is 0. The van der Waals surface area contributed by atoms with Gasteiger partial charge < -0.3 is 0 Å². The molecule has 8 rings (SSSR count). The fraction of sp³-hybridized carbons (Fsp3) is 0.0909. The predicted octanol–water partition coefficient (Wildman–Crippen LogP) is 10.6. The van der Waals surface area contributed by atoms with Crippen molar-refractivity contribution in [2.45, 2.75) is 25.8 Å². The number of benzene rings is 5. The van der Waals surface area contributed by atoms with Crippen molar-refractivity contribution in [3.63, 3.8) is 0 Å². The molecule has 0 unspecified atom stereocenters. The maximum absolute atomic E-state index is 4.93. The van der Waals surface area contributed by atoms with Gasteiger partial charge in [0.2, 0.25) is 0 Å². The van der Waals surface area contributed by atoms with Gasteiger partial charge in [-0.05, 0) is 53.7 Å². The van der Waals surface area contributed by atoms with E-state index in [1.165, 1.54) is 59.8 Å². The Kier molecular flexibility index (Phi) is 7.08. The number of hydrogen-bond donors (Lipinski definition) is 0. The van der Waals surface area contributed by atoms with Gasteiger partial charge in [-0.15, -0.1) is 0 Å². The van der Waals surface area contributed by atoms with Crippen molar-refractivity contribution in [1.29, 1.82) is 0 Å². The Hall–Kier alpha value is -5.38. The van der Waals surface area contributed by atoms with Gasteiger partial charge >= 0.3 is 0 Å². The van der Waals surface area contributed by atoms with Crippen molar-refractivity contribution in [2.75, 3.05) is 0 Å². The standard InChI is InChI=1S/C44H36N2Si/c1-44(2,3)47(35-23-11-6-12-24-35)42(38-29-45-27-33-21-13-15-25-36(33)38)40(31-17-7-4-8-18-31)41(32-19-9-5-10-20-32)43(47)39-30-46-28-34-22-14-16-26-37(34)39/h4-30H,1-3H3. The second kappa shape index (κ2) is 11.4. The van der Waals surface area contributed by atoms with Crippen molar-refractivity contribution in [3.05, 3.63) is 187 Å². The molecule has 5 aromatic carbocycles. The van der Waals surface area contributed by atoms with E-state index in [9.17, 15) is 0 Å². The van der Waals surface area contributed by atoms with Crippen LogP contribution in [-0.4, -0.2) is 18.0 Å². The average Bonchev–Trinajstić information content (AvgIpc) is 3.45. The van der Waals surface area contributed by atoms with Gasteiger partial charge in [0.05, 0.1) is 0 Å². The van der Waals surface area contributed by atoms with E-state index in [4.69, 9.17) is 9.97 Å². The molecule has 3 heterocycles. The summed E-state index contributed by atoms with van der Waals surface area (Å²) < 4.78 is 0. The first kappa shape index (κ1) is 29.0. The molecule has 2 aromatic heterocycles. The molecule has 0 aliphatic carbocycles. The zero-order valence-corrected chi connectivity index (χ0v) is 28.0. The van der Waals surface area contributed by atoms with E-state index in [0.29, 0.717) is 0 Å². The molecule has 0 fully saturated rings. The number of fused-ring (bicyclic) bond motifs is 2. The van der Waals surface area contributed by atoms with E-state index >= 15 is 0 Å². The van der Waals surface area contributed by atoms with Crippen LogP contribution in [0.15, 0.2) is 164 Å². The largest absolute Gasteiger partial charge is 0.263 e. The lowest BCUT2D eigenvalue weighted by atomic mass is 9.88. The number of aromatic nitrogens is 2. The molecule has 1 aliphatic heterocycles. The lowest BCUT2D eigenvalue weighted by Crippen LogP contribution is -2.56. The molecule has 47 heavy (non-hydrogen) atoms. The molecule has 0 amide bonds. The van der Waals surface area contributed by atoms with E-state index in [-0.39, 0.29) is 5.04 Å². The summed E-state index contributed by atoms with van der Waals surface area (Å²) in [6.45, 7) is 7.37. The highest BCUT2D eigenvalue weighted by Crippen LogP contribution is 2.63. The smallest absolute Gasteiger partial charge is 0.156 e. The zero-order chi connectivity index (χ0) is 32.0. The molecule has 2 nitrogen and oxygen atoms in total. The van der Waals surface area contributed by atoms with E-state index in [2.05, 4.69) is 173 Å². The summed E-state index contributed by atoms with van der Waals surface area (Å²) in [4.78, 5) is 9.86. The highest BCUT2D eigenvalue weighted by atomic mass is 28.3. The molecule has 7 aromatic rings. The SMILES string of the molecule is CC(C)(C)[Si]1(c2ccccc2)C(c2cncc3ccccc23)=C(c2ccccc2)C(c2ccccc2)=C1c1cncc2ccccc12. The van der Waals surface area contributed by atoms with Crippen LogP contribution in [0, 0.1) is 0 Å². The number of nitrogens with zero attached hydrogens (tertiary/aromatic N) is 2. The molecule has 0 saturated carbocycles. The van der Waals surface area contributed by atoms with Gasteiger partial charge in [-0.2, -0.15) is 0 Å². The second-order valence-electron chi connectivity index (χ2n) is 13.4. The van der Waals surface area contributed by atoms with E-state index in [1.807, 2.05) is 12.4 Å². The Morgan fingerprint density at radius 2 is 0.809 bits per heavy atom. The topological polar surface area (TPSA) is 25.8 Å². The van der Waals surface area contributed by atoms with Crippen LogP contribution in [-0.2, 0) is 0 Å². The van der Waals surface area contributed by atoms with Crippen LogP contribution in [0.25, 0.3) is 43.1 Å². The third-order valence-electron chi connectivity index (χ3n) is 9.83. The minimum Gasteiger partial charge on any atom is -0.263 e. The first-order valence-corrected chi connectivity index (χ1v) is 18.3. The predicted molar refractivity (Wildman–Crippen MR) is 202 cm³/mol. The summed E-state index contributed by atoms with van der Waals surface area (Å²) >= 11 is 0. The Labute approximate surface area is 277 Å². The molecular formula is C44H36N2Si. The van der Waals surface area contributed by atoms with Crippen molar-refractivity contribution >= 4 is 56.3 Å². The quantitative estimate of drug-likeness (QED) is 0.179. The van der Waals surface area contributed by atoms with Gasteiger partial charge in [0.25, 0.3) is 0 Å². The average molecular weight is 621 g/mol. The number of allylic oxidation sites excluding steroid dienone is 2. The maximum Gasteiger partial charge on any atom is 0.156 e. The third-order valence-corrected chi connectivity index (χ3v) is 15.8. The van der Waals surface area contributed by atoms with Crippen LogP contribution >= 0.6 is 0 Å². The fourth-order valence-corrected chi connectivity index (χ4v) is 14.4. The van der Waals surface area contributed by atoms with Crippen molar-refractivity contribution in [3.8, 4) is 0 Å². The minimum absolute atomic E-state index is 0.163. The molecule has 0 bridgehead atoms. The van der Waals surface area contributed by atoms with Gasteiger partial charge in [0.15, 0.2) is 8.07 Å². The monoisotopic (exact) mass is 620 g/mol. The number of hydrogen-bond acceptors (Lipinski definition) is 2. The number of pyridine rings is 2. The first-order chi connectivity index (χ1) is 23.0. The van der Waals surface area contributed by atoms with Crippen molar-refractivity contribution in [1.82, 2.24) is 9.97 Å². The zero-order valence-electron chi connectivity index (χ0n) is 27.0. The van der Waals surface area contributed by atoms with Crippen LogP contribution in [0.1, 0.15) is 43.0 Å². The Morgan fingerprint density at radius 3 is 1.23 bits per heavy atom. The van der Waals surface area contributed by atoms with E-state index < -0.39 is 8.07 Å². The first-order valence-electron chi connectivity index (χ1n) is 16.3. The second-order valence-corrected chi connectivity index (χ2v) is 18.0. The molecule has 3 heteroatoms. The van der Waals surface area contributed by atoms with Crippen LogP contribution in [0.4, 0.5) is 0 Å². The molecule has 0 spiro atoms. The number of rotatable bonds is 5. The normalized spacial score (nSPS) is 14.7. The van der Waals surface area contributed by atoms with Crippen LogP contribution < -0.4 is 5.19 Å². The van der Waals surface area contributed by atoms with Gasteiger partial charge in [-0.1, -0.05) is 160 Å². The Bertz CT molecular complexity index is 2170. The van der Waals surface area contributed by atoms with Crippen LogP contribution in [0.3, 0.4) is 0 Å². The molecule has 1 aliphatic rings. The molecule has 0 atom stereocenters. The molecular weight excluding hydrogens is 585 g/mol. The van der Waals surface area contributed by atoms with Gasteiger partial charge in [-0.3, -0.25) is 9.97 Å². The van der Waals surface area contributed by atoms with Crippen LogP contribution in [0.2, 0.25) is 5.04 Å². The lowest BCUT2D eigenvalue weighted by molar-refractivity contribution is 0.741. The third kappa shape index (κ3) is 4.53. The highest BCUT2D eigenvalue weighted by molar-refractivity contribution is 7.24. The van der Waals surface area contributed by atoms with Gasteiger partial charge in [0.1, 0.15) is 0 Å². The van der Waals surface area contributed by atoms with E-state index in [0.717, 1.165) is 10.8 Å². The summed E-state index contributed by atoms with van der Waals surface area (Å²) in [6.07, 6.45) is 8.26. The fourth-order valence-electron chi connectivity index (χ4n) is 8.00. The summed E-state index contributed by atoms with van der Waals surface area (Å²) in [5, 5.41) is 8.80. The molecule has 226 valence electrons. The minimum atomic E-state index is -3.00. The lowest BCUT2D eigenvalue weighted by Gasteiger charge is -2.46. The molecule has 0 radical (unpaired) electrons. The van der Waals surface area contributed by atoms with Gasteiger partial charge in [0, 0.05) is 46.7 Å². The van der Waals surface area contributed by atoms with Gasteiger partial charge in [-0.25, -0.2) is 0 Å². The van der Waals surface area contributed by atoms with E-state index in [1.54, 1.807) is 0 Å². The summed E-state index contributed by atoms with van der Waals surface area (Å²) in [6, 6.07) is 50.9. The summed E-state index contributed by atoms with van der Waals surface area (Å²) in [5.41, 5.74) is 7.45. The molecule has 0 N–H and O–H groups in total. The highest BCUT2D eigenvalue weighted by Gasteiger charge is 2.58. The molecule has 0 saturated heterocycles. The summed E-state index contributed by atoms with van der Waals surface area (Å²) in [7, 11) is -3.00.